The molecule has 0 spiro atoms. The van der Waals surface area contributed by atoms with Crippen LogP contribution in [0.15, 0.2) is 48.5 Å². The normalized spacial score (nSPS) is 11.7. The van der Waals surface area contributed by atoms with Crippen LogP contribution in [0.4, 0.5) is 15.4 Å². The minimum Gasteiger partial charge on any atom is -0.462 e. The average Bonchev–Trinajstić information content (AvgIpc) is 4.05. The number of imidazole rings is 1. The maximum Gasteiger partial charge on any atom is 0.407 e. The topological polar surface area (TPSA) is 186 Å². The molecule has 0 aliphatic rings. The number of benzene rings is 2. The number of anilines is 1. The first-order chi connectivity index (χ1) is 38.7. The van der Waals surface area contributed by atoms with E-state index in [0.29, 0.717) is 36.8 Å². The first kappa shape index (κ1) is 66.8. The van der Waals surface area contributed by atoms with Crippen LogP contribution in [0.2, 0.25) is 0 Å². The summed E-state index contributed by atoms with van der Waals surface area (Å²) in [6.45, 7) is 7.87. The van der Waals surface area contributed by atoms with Crippen molar-refractivity contribution in [3.8, 4) is 0 Å². The van der Waals surface area contributed by atoms with E-state index in [1.165, 1.54) is 150 Å². The number of alkyl carbamates (subject to hydrolysis) is 2. The number of fused-ring (bicyclic) bond motifs is 3. The van der Waals surface area contributed by atoms with Crippen LogP contribution in [0.5, 0.6) is 0 Å². The molecule has 2 heterocycles. The minimum absolute atomic E-state index is 0.0298. The van der Waals surface area contributed by atoms with E-state index in [0.717, 1.165) is 96.7 Å². The summed E-state index contributed by atoms with van der Waals surface area (Å²) in [7, 11) is 3.02. The highest BCUT2D eigenvalue weighted by molar-refractivity contribution is 8.76. The molecular weight excluding hydrogens is 1030 g/mol. The molecule has 4 aromatic rings. The molecule has 2 aromatic carbocycles. The molecule has 0 bridgehead atoms. The molecule has 0 fully saturated rings. The lowest BCUT2D eigenvalue weighted by Crippen LogP contribution is -2.38. The van der Waals surface area contributed by atoms with E-state index in [4.69, 9.17) is 29.7 Å². The van der Waals surface area contributed by atoms with E-state index < -0.39 is 18.3 Å². The highest BCUT2D eigenvalue weighted by Gasteiger charge is 2.20. The number of para-hydroxylation sites is 1. The number of hydrogen-bond donors (Lipinski definition) is 3. The average molecular weight is 1130 g/mol. The zero-order valence-corrected chi connectivity index (χ0v) is 50.4. The number of rotatable bonds is 47. The predicted molar refractivity (Wildman–Crippen MR) is 328 cm³/mol. The van der Waals surface area contributed by atoms with Gasteiger partial charge in [-0.3, -0.25) is 9.59 Å². The molecule has 0 aliphatic heterocycles. The fourth-order valence-corrected chi connectivity index (χ4v) is 11.3. The van der Waals surface area contributed by atoms with Gasteiger partial charge in [0.05, 0.1) is 17.6 Å². The van der Waals surface area contributed by atoms with E-state index in [9.17, 15) is 19.2 Å². The number of nitrogens with zero attached hydrogens (tertiary/aromatic N) is 3. The third kappa shape index (κ3) is 29.5. The molecule has 0 aliphatic carbocycles. The monoisotopic (exact) mass is 1130 g/mol. The summed E-state index contributed by atoms with van der Waals surface area (Å²) >= 11 is 0. The number of nitrogen functional groups attached to an aromatic ring is 1. The lowest BCUT2D eigenvalue weighted by molar-refractivity contribution is -0.158. The first-order valence-corrected chi connectivity index (χ1v) is 33.2. The molecule has 4 N–H and O–H groups in total. The number of pyridine rings is 1. The summed E-state index contributed by atoms with van der Waals surface area (Å²) in [5.74, 6) is 1.83. The van der Waals surface area contributed by atoms with Crippen LogP contribution in [0.3, 0.4) is 0 Å². The van der Waals surface area contributed by atoms with E-state index >= 15 is 0 Å². The Hall–Kier alpha value is -4.70. The number of hydrogen-bond acceptors (Lipinski definition) is 13. The number of amides is 2. The summed E-state index contributed by atoms with van der Waals surface area (Å²) in [4.78, 5) is 60.3. The minimum atomic E-state index is -0.815. The number of nitrogens with two attached hydrogens (primary N) is 1. The Morgan fingerprint density at radius 3 is 1.58 bits per heavy atom. The van der Waals surface area contributed by atoms with Crippen molar-refractivity contribution in [3.63, 3.8) is 0 Å². The van der Waals surface area contributed by atoms with Crippen molar-refractivity contribution in [1.82, 2.24) is 25.2 Å². The number of aryl methyl sites for hydroxylation is 1. The maximum absolute atomic E-state index is 12.9. The van der Waals surface area contributed by atoms with Crippen molar-refractivity contribution >= 4 is 73.5 Å². The molecular formula is C63H100N6O8S2. The SMILES string of the molecule is CCCCCCCCCCCCCCCC(=O)OCC(CNC(=O)OCCSSCCOC(=O)NCc1ccc(Cn2c(CCCC)nc3c(N)nc4ccccc4c32)cc1)OC(=O)CCCCCCCCCCCCCCC. The number of nitrogens with one attached hydrogen (secondary N) is 2. The summed E-state index contributed by atoms with van der Waals surface area (Å²) in [5.41, 5.74) is 11.0. The third-order valence-electron chi connectivity index (χ3n) is 14.3. The molecule has 16 heteroatoms. The molecule has 0 saturated carbocycles. The Bertz CT molecular complexity index is 2280. The van der Waals surface area contributed by atoms with Gasteiger partial charge in [0.25, 0.3) is 0 Å². The summed E-state index contributed by atoms with van der Waals surface area (Å²) in [5, 5.41) is 6.55. The predicted octanol–water partition coefficient (Wildman–Crippen LogP) is 16.3. The molecule has 442 valence electrons. The number of carbonyl (C=O) groups excluding carboxylic acids is 4. The summed E-state index contributed by atoms with van der Waals surface area (Å²) in [6, 6.07) is 16.2. The van der Waals surface area contributed by atoms with Crippen LogP contribution in [-0.2, 0) is 48.0 Å². The zero-order chi connectivity index (χ0) is 56.4. The van der Waals surface area contributed by atoms with Gasteiger partial charge in [-0.05, 0) is 36.5 Å². The van der Waals surface area contributed by atoms with E-state index in [1.807, 2.05) is 30.3 Å². The molecule has 0 radical (unpaired) electrons. The van der Waals surface area contributed by atoms with Crippen molar-refractivity contribution in [1.29, 1.82) is 0 Å². The second kappa shape index (κ2) is 43.1. The van der Waals surface area contributed by atoms with Crippen molar-refractivity contribution in [2.24, 2.45) is 0 Å². The molecule has 0 saturated heterocycles. The highest BCUT2D eigenvalue weighted by Crippen LogP contribution is 2.30. The number of carbonyl (C=O) groups is 4. The second-order valence-corrected chi connectivity index (χ2v) is 23.9. The quantitative estimate of drug-likeness (QED) is 0.0164. The van der Waals surface area contributed by atoms with Gasteiger partial charge in [0.1, 0.15) is 31.2 Å². The summed E-state index contributed by atoms with van der Waals surface area (Å²) < 4.78 is 24.3. The van der Waals surface area contributed by atoms with Gasteiger partial charge in [-0.25, -0.2) is 19.6 Å². The van der Waals surface area contributed by atoms with Crippen molar-refractivity contribution in [3.05, 3.63) is 65.5 Å². The Balaban J connectivity index is 1.08. The number of unbranched alkanes of at least 4 members (excludes halogenated alkanes) is 25. The van der Waals surface area contributed by atoms with Gasteiger partial charge >= 0.3 is 24.1 Å². The van der Waals surface area contributed by atoms with Crippen LogP contribution in [0.25, 0.3) is 21.9 Å². The lowest BCUT2D eigenvalue weighted by atomic mass is 10.0. The van der Waals surface area contributed by atoms with Gasteiger partial charge in [-0.15, -0.1) is 0 Å². The van der Waals surface area contributed by atoms with Crippen LogP contribution in [0.1, 0.15) is 230 Å². The molecule has 79 heavy (non-hydrogen) atoms. The van der Waals surface area contributed by atoms with Crippen molar-refractivity contribution < 1.29 is 38.1 Å². The Kier molecular flexibility index (Phi) is 36.4. The van der Waals surface area contributed by atoms with Crippen molar-refractivity contribution in [2.45, 2.75) is 239 Å². The van der Waals surface area contributed by atoms with Gasteiger partial charge in [0, 0.05) is 49.2 Å². The molecule has 14 nitrogen and oxygen atoms in total. The number of ether oxygens (including phenoxy) is 4. The lowest BCUT2D eigenvalue weighted by Gasteiger charge is -2.19. The number of aromatic nitrogens is 3. The van der Waals surface area contributed by atoms with Crippen molar-refractivity contribution in [2.75, 3.05) is 43.6 Å². The Labute approximate surface area is 482 Å². The Morgan fingerprint density at radius 1 is 0.557 bits per heavy atom. The molecule has 1 atom stereocenters. The fraction of sp³-hybridized carbons (Fsp3) is 0.683. The van der Waals surface area contributed by atoms with Crippen LogP contribution in [0, 0.1) is 0 Å². The van der Waals surface area contributed by atoms with Gasteiger partial charge in [0.15, 0.2) is 11.9 Å². The van der Waals surface area contributed by atoms with Gasteiger partial charge in [-0.1, -0.05) is 245 Å². The van der Waals surface area contributed by atoms with Crippen LogP contribution in [-0.4, -0.2) is 82.6 Å². The summed E-state index contributed by atoms with van der Waals surface area (Å²) in [6.07, 6.45) is 33.4. The highest BCUT2D eigenvalue weighted by atomic mass is 33.1. The first-order valence-electron chi connectivity index (χ1n) is 30.7. The standard InChI is InChI=1S/C63H100N6O8S2/c1-4-7-10-12-14-16-18-20-22-24-26-28-30-37-57(70)76-50-53(77-58(71)38-31-29-27-25-23-21-19-17-15-13-11-8-5-2)48-66-63(73)75-44-46-79-78-45-43-74-62(72)65-47-51-39-41-52(42-40-51)49-69-56(36-9-6-3)68-59-60(69)54-34-32-33-35-55(54)67-61(59)64/h32-35,39-42,53H,4-31,36-38,43-50H2,1-3H3,(H2,64,67)(H,65,72)(H,66,73). The zero-order valence-electron chi connectivity index (χ0n) is 48.8. The van der Waals surface area contributed by atoms with Gasteiger partial charge in [0.2, 0.25) is 0 Å². The van der Waals surface area contributed by atoms with Crippen LogP contribution >= 0.6 is 21.6 Å². The molecule has 2 amide bonds. The van der Waals surface area contributed by atoms with E-state index in [2.05, 4.69) is 59.2 Å². The molecule has 4 rings (SSSR count). The second-order valence-electron chi connectivity index (χ2n) is 21.2. The van der Waals surface area contributed by atoms with E-state index in [1.54, 1.807) is 0 Å². The Morgan fingerprint density at radius 2 is 1.04 bits per heavy atom. The maximum atomic E-state index is 12.9. The smallest absolute Gasteiger partial charge is 0.407 e. The largest absolute Gasteiger partial charge is 0.462 e. The number of esters is 2. The van der Waals surface area contributed by atoms with E-state index in [-0.39, 0.29) is 44.7 Å². The molecule has 2 aromatic heterocycles. The fourth-order valence-electron chi connectivity index (χ4n) is 9.69. The van der Waals surface area contributed by atoms with Gasteiger partial charge < -0.3 is 39.9 Å². The third-order valence-corrected chi connectivity index (χ3v) is 16.6. The van der Waals surface area contributed by atoms with Gasteiger partial charge in [-0.2, -0.15) is 0 Å². The van der Waals surface area contributed by atoms with Crippen LogP contribution < -0.4 is 16.4 Å². The molecule has 1 unspecified atom stereocenters.